The Morgan fingerprint density at radius 2 is 1.72 bits per heavy atom. The van der Waals surface area contributed by atoms with Crippen molar-refractivity contribution in [2.45, 2.75) is 52.3 Å². The van der Waals surface area contributed by atoms with Crippen LogP contribution in [0.15, 0.2) is 42.5 Å². The molecule has 3 N–H and O–H groups in total. The van der Waals surface area contributed by atoms with Gasteiger partial charge in [-0.1, -0.05) is 36.4 Å². The molecule has 192 valence electrons. The highest BCUT2D eigenvalue weighted by molar-refractivity contribution is 7.80. The fourth-order valence-corrected chi connectivity index (χ4v) is 3.83. The van der Waals surface area contributed by atoms with E-state index in [1.165, 1.54) is 12.1 Å². The van der Waals surface area contributed by atoms with Crippen LogP contribution in [0.3, 0.4) is 0 Å². The summed E-state index contributed by atoms with van der Waals surface area (Å²) in [7, 11) is 0. The molecular formula is C26H32N4O5S. The molecule has 0 fully saturated rings. The van der Waals surface area contributed by atoms with Gasteiger partial charge in [0.05, 0.1) is 6.07 Å². The number of aryl methyl sites for hydroxylation is 2. The average molecular weight is 513 g/mol. The number of ether oxygens (including phenoxy) is 1. The third-order valence-corrected chi connectivity index (χ3v) is 5.58. The number of benzene rings is 2. The number of carbonyl (C=O) groups is 3. The lowest BCUT2D eigenvalue weighted by Gasteiger charge is -2.33. The van der Waals surface area contributed by atoms with Crippen molar-refractivity contribution < 1.29 is 24.2 Å². The number of phenols is 1. The van der Waals surface area contributed by atoms with Gasteiger partial charge in [0.1, 0.15) is 30.0 Å². The number of phenolic OH excluding ortho intramolecular Hbond substituents is 1. The van der Waals surface area contributed by atoms with E-state index in [9.17, 15) is 24.8 Å². The standard InChI is InChI=1S/C26H32N4O5S/c1-16-9-8-10-17(2)21(16)29-23(32)22(18-11-6-7-12-20(18)31)30(14-13-27)24(33)19(15-36)28-25(34)35-26(3,4)5/h6-12,19,22,31,36H,14-15H2,1-5H3,(H,28,34)(H,29,32). The quantitative estimate of drug-likeness (QED) is 0.314. The van der Waals surface area contributed by atoms with Crippen LogP contribution in [0.25, 0.3) is 0 Å². The van der Waals surface area contributed by atoms with Gasteiger partial charge in [-0.25, -0.2) is 4.79 Å². The lowest BCUT2D eigenvalue weighted by molar-refractivity contribution is -0.139. The summed E-state index contributed by atoms with van der Waals surface area (Å²) >= 11 is 4.19. The van der Waals surface area contributed by atoms with Crippen molar-refractivity contribution in [1.82, 2.24) is 10.2 Å². The van der Waals surface area contributed by atoms with Gasteiger partial charge in [-0.3, -0.25) is 9.59 Å². The van der Waals surface area contributed by atoms with Gasteiger partial charge in [0.15, 0.2) is 0 Å². The number of rotatable bonds is 8. The fraction of sp³-hybridized carbons (Fsp3) is 0.385. The van der Waals surface area contributed by atoms with Crippen LogP contribution < -0.4 is 10.6 Å². The summed E-state index contributed by atoms with van der Waals surface area (Å²) in [5, 5.41) is 25.4. The smallest absolute Gasteiger partial charge is 0.408 e. The van der Waals surface area contributed by atoms with Gasteiger partial charge in [0.2, 0.25) is 5.91 Å². The molecule has 0 saturated carbocycles. The van der Waals surface area contributed by atoms with Crippen LogP contribution in [0, 0.1) is 25.2 Å². The van der Waals surface area contributed by atoms with E-state index in [-0.39, 0.29) is 17.1 Å². The minimum Gasteiger partial charge on any atom is -0.508 e. The second-order valence-electron chi connectivity index (χ2n) is 9.22. The Kier molecular flexibility index (Phi) is 9.76. The first-order chi connectivity index (χ1) is 16.9. The maximum Gasteiger partial charge on any atom is 0.408 e. The second-order valence-corrected chi connectivity index (χ2v) is 9.59. The highest BCUT2D eigenvalue weighted by atomic mass is 32.1. The van der Waals surface area contributed by atoms with E-state index in [0.29, 0.717) is 5.69 Å². The molecule has 0 saturated heterocycles. The van der Waals surface area contributed by atoms with Crippen molar-refractivity contribution in [2.75, 3.05) is 17.6 Å². The Balaban J connectivity index is 2.50. The van der Waals surface area contributed by atoms with Crippen molar-refractivity contribution in [1.29, 1.82) is 5.26 Å². The Labute approximate surface area is 216 Å². The Hall–Kier alpha value is -3.71. The number of anilines is 1. The lowest BCUT2D eigenvalue weighted by Crippen LogP contribution is -2.53. The summed E-state index contributed by atoms with van der Waals surface area (Å²) in [4.78, 5) is 40.6. The number of hydrogen-bond acceptors (Lipinski definition) is 7. The van der Waals surface area contributed by atoms with Crippen LogP contribution in [-0.2, 0) is 14.3 Å². The number of amides is 3. The first-order valence-corrected chi connectivity index (χ1v) is 12.0. The highest BCUT2D eigenvalue weighted by Crippen LogP contribution is 2.31. The molecule has 2 atom stereocenters. The van der Waals surface area contributed by atoms with E-state index < -0.39 is 42.1 Å². The summed E-state index contributed by atoms with van der Waals surface area (Å²) in [5.74, 6) is -1.71. The monoisotopic (exact) mass is 512 g/mol. The normalized spacial score (nSPS) is 12.6. The van der Waals surface area contributed by atoms with Gasteiger partial charge >= 0.3 is 6.09 Å². The predicted molar refractivity (Wildman–Crippen MR) is 140 cm³/mol. The number of thiol groups is 1. The maximum atomic E-state index is 13.7. The summed E-state index contributed by atoms with van der Waals surface area (Å²) in [5.41, 5.74) is 1.49. The average Bonchev–Trinajstić information content (AvgIpc) is 2.79. The summed E-state index contributed by atoms with van der Waals surface area (Å²) in [6, 6.07) is 10.9. The van der Waals surface area contributed by atoms with Gasteiger partial charge < -0.3 is 25.4 Å². The zero-order valence-electron chi connectivity index (χ0n) is 21.0. The van der Waals surface area contributed by atoms with E-state index in [4.69, 9.17) is 4.74 Å². The van der Waals surface area contributed by atoms with Crippen molar-refractivity contribution in [2.24, 2.45) is 0 Å². The molecule has 0 aliphatic heterocycles. The summed E-state index contributed by atoms with van der Waals surface area (Å²) in [6.07, 6.45) is -0.842. The molecule has 0 aromatic heterocycles. The van der Waals surface area contributed by atoms with Crippen LogP contribution in [0.1, 0.15) is 43.5 Å². The highest BCUT2D eigenvalue weighted by Gasteiger charge is 2.37. The van der Waals surface area contributed by atoms with E-state index in [1.807, 2.05) is 38.1 Å². The molecule has 2 aromatic rings. The van der Waals surface area contributed by atoms with Crippen LogP contribution in [0.4, 0.5) is 10.5 Å². The largest absolute Gasteiger partial charge is 0.508 e. The molecule has 2 aromatic carbocycles. The second kappa shape index (κ2) is 12.3. The number of nitrogens with zero attached hydrogens (tertiary/aromatic N) is 2. The topological polar surface area (TPSA) is 132 Å². The van der Waals surface area contributed by atoms with Crippen molar-refractivity contribution >= 4 is 36.2 Å². The third-order valence-electron chi connectivity index (χ3n) is 5.22. The zero-order valence-corrected chi connectivity index (χ0v) is 21.9. The Morgan fingerprint density at radius 3 is 2.25 bits per heavy atom. The minimum atomic E-state index is -1.37. The van der Waals surface area contributed by atoms with E-state index in [2.05, 4.69) is 23.3 Å². The summed E-state index contributed by atoms with van der Waals surface area (Å²) < 4.78 is 5.24. The van der Waals surface area contributed by atoms with Crippen molar-refractivity contribution in [3.05, 3.63) is 59.2 Å². The van der Waals surface area contributed by atoms with Crippen molar-refractivity contribution in [3.8, 4) is 11.8 Å². The van der Waals surface area contributed by atoms with Gasteiger partial charge in [0, 0.05) is 17.0 Å². The SMILES string of the molecule is Cc1cccc(C)c1NC(=O)C(c1ccccc1O)N(CC#N)C(=O)C(CS)NC(=O)OC(C)(C)C. The lowest BCUT2D eigenvalue weighted by atomic mass is 10.0. The molecule has 0 spiro atoms. The molecule has 0 bridgehead atoms. The van der Waals surface area contributed by atoms with Crippen LogP contribution >= 0.6 is 12.6 Å². The number of nitriles is 1. The van der Waals surface area contributed by atoms with Crippen LogP contribution in [-0.4, -0.2) is 51.9 Å². The summed E-state index contributed by atoms with van der Waals surface area (Å²) in [6.45, 7) is 8.21. The molecule has 2 rings (SSSR count). The molecule has 10 heteroatoms. The number of para-hydroxylation sites is 2. The Bertz CT molecular complexity index is 1140. The van der Waals surface area contributed by atoms with Crippen molar-refractivity contribution in [3.63, 3.8) is 0 Å². The molecule has 36 heavy (non-hydrogen) atoms. The van der Waals surface area contributed by atoms with E-state index >= 15 is 0 Å². The molecule has 0 aliphatic rings. The predicted octanol–water partition coefficient (Wildman–Crippen LogP) is 3.86. The molecule has 0 heterocycles. The molecule has 3 amide bonds. The maximum absolute atomic E-state index is 13.7. The van der Waals surface area contributed by atoms with Crippen LogP contribution in [0.5, 0.6) is 5.75 Å². The molecule has 0 aliphatic carbocycles. The fourth-order valence-electron chi connectivity index (χ4n) is 3.58. The van der Waals surface area contributed by atoms with Gasteiger partial charge in [-0.2, -0.15) is 17.9 Å². The minimum absolute atomic E-state index is 0.119. The molecule has 2 unspecified atom stereocenters. The van der Waals surface area contributed by atoms with E-state index in [0.717, 1.165) is 16.0 Å². The molecule has 0 radical (unpaired) electrons. The first kappa shape index (κ1) is 28.5. The Morgan fingerprint density at radius 1 is 1.11 bits per heavy atom. The number of carbonyl (C=O) groups excluding carboxylic acids is 3. The number of nitrogens with one attached hydrogen (secondary N) is 2. The van der Waals surface area contributed by atoms with E-state index in [1.54, 1.807) is 32.9 Å². The third kappa shape index (κ3) is 7.39. The van der Waals surface area contributed by atoms with Gasteiger partial charge in [-0.15, -0.1) is 0 Å². The molecule has 9 nitrogen and oxygen atoms in total. The number of aromatic hydroxyl groups is 1. The van der Waals surface area contributed by atoms with Gasteiger partial charge in [-0.05, 0) is 51.8 Å². The number of alkyl carbamates (subject to hydrolysis) is 1. The number of hydrogen-bond donors (Lipinski definition) is 4. The first-order valence-electron chi connectivity index (χ1n) is 11.3. The van der Waals surface area contributed by atoms with Crippen LogP contribution in [0.2, 0.25) is 0 Å². The molecular weight excluding hydrogens is 480 g/mol. The zero-order chi connectivity index (χ0) is 27.0. The van der Waals surface area contributed by atoms with Gasteiger partial charge in [0.25, 0.3) is 5.91 Å².